The van der Waals surface area contributed by atoms with Gasteiger partial charge < -0.3 is 15.2 Å². The zero-order valence-electron chi connectivity index (χ0n) is 10.0. The number of aliphatic hydroxyl groups is 1. The van der Waals surface area contributed by atoms with Crippen LogP contribution in [0.1, 0.15) is 25.5 Å². The van der Waals surface area contributed by atoms with E-state index in [1.165, 1.54) is 32.2 Å². The van der Waals surface area contributed by atoms with E-state index in [9.17, 15) is 14.3 Å². The zero-order chi connectivity index (χ0) is 13.0. The summed E-state index contributed by atoms with van der Waals surface area (Å²) >= 11 is 0. The quantitative estimate of drug-likeness (QED) is 0.837. The van der Waals surface area contributed by atoms with Gasteiger partial charge >= 0.3 is 0 Å². The second-order valence-electron chi connectivity index (χ2n) is 3.73. The van der Waals surface area contributed by atoms with Crippen molar-refractivity contribution in [2.75, 3.05) is 7.05 Å². The third kappa shape index (κ3) is 3.42. The summed E-state index contributed by atoms with van der Waals surface area (Å²) in [6, 6.07) is 3.81. The number of nitrogens with one attached hydrogen (secondary N) is 1. The maximum Gasteiger partial charge on any atom is 0.260 e. The fourth-order valence-corrected chi connectivity index (χ4v) is 1.40. The lowest BCUT2D eigenvalue weighted by atomic mass is 10.1. The minimum absolute atomic E-state index is 0.286. The average Bonchev–Trinajstić information content (AvgIpc) is 2.29. The fourth-order valence-electron chi connectivity index (χ4n) is 1.40. The van der Waals surface area contributed by atoms with E-state index in [0.717, 1.165) is 0 Å². The summed E-state index contributed by atoms with van der Waals surface area (Å²) in [5, 5.41) is 11.9. The number of hydrogen-bond donors (Lipinski definition) is 2. The van der Waals surface area contributed by atoms with Gasteiger partial charge in [0, 0.05) is 12.6 Å². The van der Waals surface area contributed by atoms with E-state index in [1.54, 1.807) is 6.92 Å². The molecule has 4 nitrogen and oxygen atoms in total. The first-order valence-corrected chi connectivity index (χ1v) is 5.31. The molecule has 0 saturated heterocycles. The van der Waals surface area contributed by atoms with Crippen molar-refractivity contribution in [2.45, 2.75) is 26.1 Å². The Labute approximate surface area is 99.4 Å². The first-order chi connectivity index (χ1) is 7.95. The Morgan fingerprint density at radius 3 is 2.65 bits per heavy atom. The molecule has 0 fully saturated rings. The number of carbonyl (C=O) groups excluding carboxylic acids is 1. The molecule has 0 bridgehead atoms. The molecule has 5 heteroatoms. The molecular formula is C12H16FNO3. The predicted octanol–water partition coefficient (Wildman–Crippen LogP) is 1.39. The second kappa shape index (κ2) is 5.63. The van der Waals surface area contributed by atoms with Gasteiger partial charge in [-0.1, -0.05) is 0 Å². The molecule has 1 rings (SSSR count). The Kier molecular flexibility index (Phi) is 4.45. The number of amides is 1. The van der Waals surface area contributed by atoms with E-state index < -0.39 is 18.0 Å². The van der Waals surface area contributed by atoms with Crippen LogP contribution in [0.25, 0.3) is 0 Å². The van der Waals surface area contributed by atoms with Crippen LogP contribution in [-0.4, -0.2) is 24.2 Å². The molecule has 2 atom stereocenters. The van der Waals surface area contributed by atoms with Crippen molar-refractivity contribution in [3.05, 3.63) is 29.6 Å². The average molecular weight is 241 g/mol. The number of ether oxygens (including phenoxy) is 1. The van der Waals surface area contributed by atoms with E-state index in [1.807, 2.05) is 0 Å². The van der Waals surface area contributed by atoms with Crippen molar-refractivity contribution in [3.8, 4) is 5.75 Å². The summed E-state index contributed by atoms with van der Waals surface area (Å²) in [4.78, 5) is 11.3. The topological polar surface area (TPSA) is 58.6 Å². The van der Waals surface area contributed by atoms with Gasteiger partial charge in [-0.2, -0.15) is 0 Å². The summed E-state index contributed by atoms with van der Waals surface area (Å²) in [7, 11) is 1.50. The van der Waals surface area contributed by atoms with Crippen molar-refractivity contribution < 1.29 is 19.0 Å². The lowest BCUT2D eigenvalue weighted by Gasteiger charge is -2.17. The van der Waals surface area contributed by atoms with Gasteiger partial charge in [0.2, 0.25) is 0 Å². The molecule has 17 heavy (non-hydrogen) atoms. The number of benzene rings is 1. The van der Waals surface area contributed by atoms with Gasteiger partial charge in [0.1, 0.15) is 11.6 Å². The molecular weight excluding hydrogens is 225 g/mol. The van der Waals surface area contributed by atoms with Gasteiger partial charge in [-0.3, -0.25) is 4.79 Å². The Morgan fingerprint density at radius 1 is 1.47 bits per heavy atom. The van der Waals surface area contributed by atoms with Gasteiger partial charge in [0.15, 0.2) is 6.10 Å². The van der Waals surface area contributed by atoms with Crippen LogP contribution in [0.3, 0.4) is 0 Å². The molecule has 0 heterocycles. The van der Waals surface area contributed by atoms with Crippen LogP contribution in [0.4, 0.5) is 4.39 Å². The van der Waals surface area contributed by atoms with Crippen molar-refractivity contribution in [1.82, 2.24) is 5.32 Å². The SMILES string of the molecule is CNC(=O)C(C)Oc1ccc(F)cc1C(C)O. The molecule has 0 aliphatic heterocycles. The molecule has 94 valence electrons. The van der Waals surface area contributed by atoms with Crippen LogP contribution in [0.2, 0.25) is 0 Å². The molecule has 0 aliphatic carbocycles. The Bertz CT molecular complexity index is 407. The molecule has 0 saturated carbocycles. The molecule has 0 spiro atoms. The number of carbonyl (C=O) groups is 1. The van der Waals surface area contributed by atoms with Crippen molar-refractivity contribution in [1.29, 1.82) is 0 Å². The standard InChI is InChI=1S/C12H16FNO3/c1-7(15)10-6-9(13)4-5-11(10)17-8(2)12(16)14-3/h4-8,15H,1-3H3,(H,14,16). The number of halogens is 1. The van der Waals surface area contributed by atoms with Gasteiger partial charge in [-0.25, -0.2) is 4.39 Å². The van der Waals surface area contributed by atoms with Gasteiger partial charge in [-0.05, 0) is 32.0 Å². The monoisotopic (exact) mass is 241 g/mol. The predicted molar refractivity (Wildman–Crippen MR) is 61.2 cm³/mol. The lowest BCUT2D eigenvalue weighted by molar-refractivity contribution is -0.126. The summed E-state index contributed by atoms with van der Waals surface area (Å²) in [6.07, 6.45) is -1.57. The first kappa shape index (κ1) is 13.4. The Hall–Kier alpha value is -1.62. The van der Waals surface area contributed by atoms with Crippen molar-refractivity contribution in [3.63, 3.8) is 0 Å². The van der Waals surface area contributed by atoms with Crippen LogP contribution < -0.4 is 10.1 Å². The molecule has 1 aromatic rings. The van der Waals surface area contributed by atoms with Crippen LogP contribution in [0, 0.1) is 5.82 Å². The zero-order valence-corrected chi connectivity index (χ0v) is 10.0. The fraction of sp³-hybridized carbons (Fsp3) is 0.417. The van der Waals surface area contributed by atoms with E-state index >= 15 is 0 Å². The summed E-state index contributed by atoms with van der Waals surface area (Å²) in [5.41, 5.74) is 0.320. The van der Waals surface area contributed by atoms with Gasteiger partial charge in [-0.15, -0.1) is 0 Å². The smallest absolute Gasteiger partial charge is 0.260 e. The van der Waals surface area contributed by atoms with E-state index in [-0.39, 0.29) is 5.91 Å². The summed E-state index contributed by atoms with van der Waals surface area (Å²) in [6.45, 7) is 3.08. The third-order valence-electron chi connectivity index (χ3n) is 2.34. The largest absolute Gasteiger partial charge is 0.481 e. The Balaban J connectivity index is 2.94. The molecule has 0 aliphatic rings. The molecule has 1 aromatic carbocycles. The Morgan fingerprint density at radius 2 is 2.12 bits per heavy atom. The number of hydrogen-bond acceptors (Lipinski definition) is 3. The second-order valence-corrected chi connectivity index (χ2v) is 3.73. The minimum Gasteiger partial charge on any atom is -0.481 e. The third-order valence-corrected chi connectivity index (χ3v) is 2.34. The molecule has 1 amide bonds. The van der Waals surface area contributed by atoms with Crippen molar-refractivity contribution >= 4 is 5.91 Å². The van der Waals surface area contributed by atoms with Crippen LogP contribution in [0.15, 0.2) is 18.2 Å². The van der Waals surface area contributed by atoms with Crippen LogP contribution in [0.5, 0.6) is 5.75 Å². The van der Waals surface area contributed by atoms with E-state index in [2.05, 4.69) is 5.32 Å². The number of rotatable bonds is 4. The minimum atomic E-state index is -0.863. The van der Waals surface area contributed by atoms with E-state index in [0.29, 0.717) is 11.3 Å². The van der Waals surface area contributed by atoms with Gasteiger partial charge in [0.05, 0.1) is 6.10 Å². The number of aliphatic hydroxyl groups excluding tert-OH is 1. The maximum absolute atomic E-state index is 13.0. The lowest BCUT2D eigenvalue weighted by Crippen LogP contribution is -2.34. The molecule has 2 N–H and O–H groups in total. The normalized spacial score (nSPS) is 13.9. The van der Waals surface area contributed by atoms with E-state index in [4.69, 9.17) is 4.74 Å². The number of likely N-dealkylation sites (N-methyl/N-ethyl adjacent to an activating group) is 1. The summed E-state index contributed by atoms with van der Waals surface area (Å²) < 4.78 is 18.4. The molecule has 0 aromatic heterocycles. The highest BCUT2D eigenvalue weighted by Gasteiger charge is 2.17. The van der Waals surface area contributed by atoms with Crippen molar-refractivity contribution in [2.24, 2.45) is 0 Å². The highest BCUT2D eigenvalue weighted by atomic mass is 19.1. The molecule has 2 unspecified atom stereocenters. The maximum atomic E-state index is 13.0. The summed E-state index contributed by atoms with van der Waals surface area (Å²) in [5.74, 6) is -0.441. The first-order valence-electron chi connectivity index (χ1n) is 5.31. The highest BCUT2D eigenvalue weighted by Crippen LogP contribution is 2.26. The molecule has 0 radical (unpaired) electrons. The highest BCUT2D eigenvalue weighted by molar-refractivity contribution is 5.80. The van der Waals surface area contributed by atoms with Crippen LogP contribution in [-0.2, 0) is 4.79 Å². The van der Waals surface area contributed by atoms with Gasteiger partial charge in [0.25, 0.3) is 5.91 Å². The van der Waals surface area contributed by atoms with Crippen LogP contribution >= 0.6 is 0 Å².